The molecule has 0 fully saturated rings. The number of rotatable bonds is 2. The summed E-state index contributed by atoms with van der Waals surface area (Å²) in [4.78, 5) is 4.35. The van der Waals surface area contributed by atoms with Gasteiger partial charge in [-0.2, -0.15) is 13.2 Å². The summed E-state index contributed by atoms with van der Waals surface area (Å²) >= 11 is 4.76. The summed E-state index contributed by atoms with van der Waals surface area (Å²) < 4.78 is 39.9. The fourth-order valence-electron chi connectivity index (χ4n) is 1.85. The fourth-order valence-corrected chi connectivity index (χ4v) is 3.29. The molecule has 0 atom stereocenters. The Morgan fingerprint density at radius 3 is 2.67 bits per heavy atom. The van der Waals surface area contributed by atoms with Crippen LogP contribution < -0.4 is 5.32 Å². The van der Waals surface area contributed by atoms with E-state index in [-0.39, 0.29) is 0 Å². The number of nitrogens with one attached hydrogen (secondary N) is 1. The molecule has 0 aliphatic heterocycles. The van der Waals surface area contributed by atoms with Crippen LogP contribution >= 0.6 is 27.3 Å². The van der Waals surface area contributed by atoms with Crippen LogP contribution in [0.4, 0.5) is 24.0 Å². The first-order valence-electron chi connectivity index (χ1n) is 5.92. The molecule has 0 aliphatic rings. The van der Waals surface area contributed by atoms with Crippen LogP contribution in [0.1, 0.15) is 5.56 Å². The number of nitrogens with zero attached hydrogens (tertiary/aromatic N) is 1. The fraction of sp³-hybridized carbons (Fsp3) is 0.0714. The molecule has 3 rings (SSSR count). The molecule has 2 nitrogen and oxygen atoms in total. The van der Waals surface area contributed by atoms with Gasteiger partial charge >= 0.3 is 6.18 Å². The Labute approximate surface area is 130 Å². The van der Waals surface area contributed by atoms with Crippen LogP contribution in [0, 0.1) is 0 Å². The summed E-state index contributed by atoms with van der Waals surface area (Å²) in [5.74, 6) is 0. The maximum Gasteiger partial charge on any atom is 0.416 e. The van der Waals surface area contributed by atoms with E-state index in [1.54, 1.807) is 6.07 Å². The zero-order valence-corrected chi connectivity index (χ0v) is 12.8. The predicted octanol–water partition coefficient (Wildman–Crippen LogP) is 5.82. The quantitative estimate of drug-likeness (QED) is 0.612. The van der Waals surface area contributed by atoms with Crippen molar-refractivity contribution in [3.8, 4) is 0 Å². The van der Waals surface area contributed by atoms with Crippen molar-refractivity contribution in [1.82, 2.24) is 4.98 Å². The first kappa shape index (κ1) is 14.3. The average Bonchev–Trinajstić information content (AvgIpc) is 2.79. The van der Waals surface area contributed by atoms with Crippen LogP contribution in [0.3, 0.4) is 0 Å². The van der Waals surface area contributed by atoms with E-state index in [1.165, 1.54) is 17.4 Å². The van der Waals surface area contributed by atoms with Gasteiger partial charge in [0, 0.05) is 10.2 Å². The predicted molar refractivity (Wildman–Crippen MR) is 82.0 cm³/mol. The van der Waals surface area contributed by atoms with Crippen LogP contribution in [-0.4, -0.2) is 4.98 Å². The molecule has 0 unspecified atom stereocenters. The molecular weight excluding hydrogens is 365 g/mol. The Morgan fingerprint density at radius 1 is 1.10 bits per heavy atom. The van der Waals surface area contributed by atoms with Crippen molar-refractivity contribution in [2.24, 2.45) is 0 Å². The lowest BCUT2D eigenvalue weighted by Crippen LogP contribution is -2.05. The maximum atomic E-state index is 12.7. The van der Waals surface area contributed by atoms with E-state index in [4.69, 9.17) is 0 Å². The van der Waals surface area contributed by atoms with Gasteiger partial charge in [0.25, 0.3) is 0 Å². The van der Waals surface area contributed by atoms with Crippen molar-refractivity contribution in [3.63, 3.8) is 0 Å². The molecule has 3 aromatic rings. The minimum Gasteiger partial charge on any atom is -0.332 e. The molecule has 0 saturated carbocycles. The van der Waals surface area contributed by atoms with Crippen molar-refractivity contribution >= 4 is 48.3 Å². The number of anilines is 2. The van der Waals surface area contributed by atoms with Crippen LogP contribution in [0.5, 0.6) is 0 Å². The summed E-state index contributed by atoms with van der Waals surface area (Å²) in [7, 11) is 0. The largest absolute Gasteiger partial charge is 0.416 e. The van der Waals surface area contributed by atoms with Gasteiger partial charge in [-0.1, -0.05) is 33.3 Å². The van der Waals surface area contributed by atoms with Crippen molar-refractivity contribution in [2.75, 3.05) is 5.32 Å². The molecule has 21 heavy (non-hydrogen) atoms. The Kier molecular flexibility index (Phi) is 3.62. The van der Waals surface area contributed by atoms with Gasteiger partial charge in [0.2, 0.25) is 0 Å². The van der Waals surface area contributed by atoms with Gasteiger partial charge in [0.05, 0.1) is 15.8 Å². The summed E-state index contributed by atoms with van der Waals surface area (Å²) in [6, 6.07) is 10.7. The normalized spacial score (nSPS) is 11.8. The molecule has 0 aliphatic carbocycles. The van der Waals surface area contributed by atoms with Crippen molar-refractivity contribution < 1.29 is 13.2 Å². The van der Waals surface area contributed by atoms with Gasteiger partial charge in [-0.3, -0.25) is 0 Å². The summed E-state index contributed by atoms with van der Waals surface area (Å²) in [6.45, 7) is 0. The lowest BCUT2D eigenvalue weighted by atomic mass is 10.2. The standard InChI is InChI=1S/C14H8BrF3N2S/c15-9-4-5-11-12(7-9)21-13(20-11)19-10-3-1-2-8(6-10)14(16,17)18/h1-7H,(H,19,20). The van der Waals surface area contributed by atoms with E-state index in [0.717, 1.165) is 26.8 Å². The second kappa shape index (κ2) is 5.31. The van der Waals surface area contributed by atoms with E-state index in [0.29, 0.717) is 10.8 Å². The average molecular weight is 373 g/mol. The molecule has 108 valence electrons. The molecule has 0 bridgehead atoms. The van der Waals surface area contributed by atoms with Gasteiger partial charge in [-0.15, -0.1) is 0 Å². The Morgan fingerprint density at radius 2 is 1.90 bits per heavy atom. The van der Waals surface area contributed by atoms with E-state index in [2.05, 4.69) is 26.2 Å². The zero-order chi connectivity index (χ0) is 15.0. The molecule has 1 N–H and O–H groups in total. The monoisotopic (exact) mass is 372 g/mol. The molecule has 2 aromatic carbocycles. The number of hydrogen-bond acceptors (Lipinski definition) is 3. The topological polar surface area (TPSA) is 24.9 Å². The third kappa shape index (κ3) is 3.19. The number of benzene rings is 2. The minimum absolute atomic E-state index is 0.364. The molecule has 1 aromatic heterocycles. The third-order valence-corrected chi connectivity index (χ3v) is 4.22. The molecule has 1 heterocycles. The van der Waals surface area contributed by atoms with E-state index < -0.39 is 11.7 Å². The van der Waals surface area contributed by atoms with Crippen LogP contribution in [-0.2, 0) is 6.18 Å². The number of thiazole rings is 1. The highest BCUT2D eigenvalue weighted by atomic mass is 79.9. The number of aromatic nitrogens is 1. The molecule has 0 amide bonds. The highest BCUT2D eigenvalue weighted by Crippen LogP contribution is 2.33. The second-order valence-corrected chi connectivity index (χ2v) is 6.28. The van der Waals surface area contributed by atoms with Crippen molar-refractivity contribution in [2.45, 2.75) is 6.18 Å². The highest BCUT2D eigenvalue weighted by molar-refractivity contribution is 9.10. The molecule has 7 heteroatoms. The lowest BCUT2D eigenvalue weighted by Gasteiger charge is -2.08. The van der Waals surface area contributed by atoms with Gasteiger partial charge in [0.1, 0.15) is 0 Å². The number of fused-ring (bicyclic) bond motifs is 1. The maximum absolute atomic E-state index is 12.7. The van der Waals surface area contributed by atoms with E-state index in [9.17, 15) is 13.2 Å². The summed E-state index contributed by atoms with van der Waals surface area (Å²) in [5, 5.41) is 3.48. The summed E-state index contributed by atoms with van der Waals surface area (Å²) in [6.07, 6.45) is -4.35. The van der Waals surface area contributed by atoms with Gasteiger partial charge < -0.3 is 5.32 Å². The molecular formula is C14H8BrF3N2S. The number of hydrogen-bond donors (Lipinski definition) is 1. The smallest absolute Gasteiger partial charge is 0.332 e. The molecule has 0 saturated heterocycles. The number of halogens is 4. The van der Waals surface area contributed by atoms with E-state index in [1.807, 2.05) is 18.2 Å². The minimum atomic E-state index is -4.35. The zero-order valence-electron chi connectivity index (χ0n) is 10.4. The first-order chi connectivity index (χ1) is 9.91. The Hall–Kier alpha value is -1.60. The first-order valence-corrected chi connectivity index (χ1v) is 7.53. The summed E-state index contributed by atoms with van der Waals surface area (Å²) in [5.41, 5.74) is 0.483. The Balaban J connectivity index is 1.91. The van der Waals surface area contributed by atoms with Gasteiger partial charge in [0.15, 0.2) is 5.13 Å². The van der Waals surface area contributed by atoms with Crippen LogP contribution in [0.2, 0.25) is 0 Å². The van der Waals surface area contributed by atoms with Gasteiger partial charge in [-0.05, 0) is 36.4 Å². The molecule has 0 spiro atoms. The van der Waals surface area contributed by atoms with Crippen LogP contribution in [0.15, 0.2) is 46.9 Å². The second-order valence-electron chi connectivity index (χ2n) is 4.33. The van der Waals surface area contributed by atoms with Crippen LogP contribution in [0.25, 0.3) is 10.2 Å². The number of alkyl halides is 3. The third-order valence-electron chi connectivity index (χ3n) is 2.79. The Bertz CT molecular complexity index is 798. The van der Waals surface area contributed by atoms with Gasteiger partial charge in [-0.25, -0.2) is 4.98 Å². The molecule has 0 radical (unpaired) electrons. The lowest BCUT2D eigenvalue weighted by molar-refractivity contribution is -0.137. The van der Waals surface area contributed by atoms with E-state index >= 15 is 0 Å². The van der Waals surface area contributed by atoms with Crippen molar-refractivity contribution in [3.05, 3.63) is 52.5 Å². The SMILES string of the molecule is FC(F)(F)c1cccc(Nc2nc3ccc(Br)cc3s2)c1. The highest BCUT2D eigenvalue weighted by Gasteiger charge is 2.30. The van der Waals surface area contributed by atoms with Crippen molar-refractivity contribution in [1.29, 1.82) is 0 Å².